The molecule has 1 aliphatic rings. The van der Waals surface area contributed by atoms with Gasteiger partial charge in [0.2, 0.25) is 0 Å². The Balaban J connectivity index is 1.04. The maximum Gasteiger partial charge on any atom is 0.344 e. The first-order valence-electron chi connectivity index (χ1n) is 13.6. The number of hydrogen-bond donors (Lipinski definition) is 1. The number of benzene rings is 2. The van der Waals surface area contributed by atoms with E-state index >= 15 is 0 Å². The number of piperazine rings is 1. The van der Waals surface area contributed by atoms with Crippen LogP contribution in [0.2, 0.25) is 0 Å². The molecular formula is C29H39N3O6S. The van der Waals surface area contributed by atoms with E-state index in [1.807, 2.05) is 37.3 Å². The molecule has 0 unspecified atom stereocenters. The predicted octanol–water partition coefficient (Wildman–Crippen LogP) is 3.76. The molecule has 1 aromatic heterocycles. The topological polar surface area (TPSA) is 93.6 Å². The van der Waals surface area contributed by atoms with E-state index in [0.29, 0.717) is 25.5 Å². The monoisotopic (exact) mass is 557 g/mol. The second kappa shape index (κ2) is 15.0. The van der Waals surface area contributed by atoms with Gasteiger partial charge in [-0.1, -0.05) is 0 Å². The van der Waals surface area contributed by atoms with Crippen LogP contribution in [-0.4, -0.2) is 97.7 Å². The van der Waals surface area contributed by atoms with Crippen LogP contribution >= 0.6 is 11.3 Å². The standard InChI is InChI=1S/C29H39N3O6S/c1-3-35-29(34)21-38-25-8-6-24(7-9-25)36-17-5-4-12-31-13-15-32(16-14-31)19-23(33)20-37-26-10-11-28-27(18-26)30-22(2)39-28/h6-11,18,23,33H,3-5,12-17,19-21H2,1-2H3/t23-/m1/s1. The molecule has 1 saturated heterocycles. The molecular weight excluding hydrogens is 518 g/mol. The quantitative estimate of drug-likeness (QED) is 0.221. The molecule has 0 amide bonds. The Kier molecular flexibility index (Phi) is 11.2. The van der Waals surface area contributed by atoms with Crippen LogP contribution < -0.4 is 14.2 Å². The van der Waals surface area contributed by atoms with Crippen molar-refractivity contribution in [3.63, 3.8) is 0 Å². The van der Waals surface area contributed by atoms with Gasteiger partial charge in [-0.15, -0.1) is 11.3 Å². The minimum Gasteiger partial charge on any atom is -0.494 e. The van der Waals surface area contributed by atoms with Gasteiger partial charge in [-0.3, -0.25) is 4.90 Å². The highest BCUT2D eigenvalue weighted by molar-refractivity contribution is 7.18. The molecule has 10 heteroatoms. The third-order valence-corrected chi connectivity index (χ3v) is 7.42. The number of rotatable bonds is 15. The van der Waals surface area contributed by atoms with Gasteiger partial charge in [0.15, 0.2) is 6.61 Å². The largest absolute Gasteiger partial charge is 0.494 e. The number of ether oxygens (including phenoxy) is 4. The highest BCUT2D eigenvalue weighted by atomic mass is 32.1. The maximum absolute atomic E-state index is 11.4. The lowest BCUT2D eigenvalue weighted by Crippen LogP contribution is -2.49. The van der Waals surface area contributed by atoms with Crippen molar-refractivity contribution in [2.24, 2.45) is 0 Å². The zero-order valence-electron chi connectivity index (χ0n) is 22.8. The molecule has 1 aliphatic heterocycles. The van der Waals surface area contributed by atoms with Gasteiger partial charge in [0.05, 0.1) is 28.4 Å². The maximum atomic E-state index is 11.4. The smallest absolute Gasteiger partial charge is 0.344 e. The summed E-state index contributed by atoms with van der Waals surface area (Å²) in [6.07, 6.45) is 1.52. The van der Waals surface area contributed by atoms with Gasteiger partial charge in [-0.2, -0.15) is 0 Å². The van der Waals surface area contributed by atoms with Gasteiger partial charge in [0.1, 0.15) is 30.0 Å². The molecule has 2 aromatic carbocycles. The van der Waals surface area contributed by atoms with Crippen molar-refractivity contribution >= 4 is 27.5 Å². The first-order valence-corrected chi connectivity index (χ1v) is 14.4. The summed E-state index contributed by atoms with van der Waals surface area (Å²) in [5.74, 6) is 1.77. The number of unbranched alkanes of at least 4 members (excludes halogenated alkanes) is 1. The summed E-state index contributed by atoms with van der Waals surface area (Å²) in [5, 5.41) is 11.5. The van der Waals surface area contributed by atoms with Gasteiger partial charge in [0, 0.05) is 38.8 Å². The van der Waals surface area contributed by atoms with Crippen LogP contribution in [0.3, 0.4) is 0 Å². The Bertz CT molecular complexity index is 1160. The van der Waals surface area contributed by atoms with Gasteiger partial charge >= 0.3 is 5.97 Å². The molecule has 3 aromatic rings. The van der Waals surface area contributed by atoms with E-state index in [9.17, 15) is 9.90 Å². The molecule has 0 spiro atoms. The van der Waals surface area contributed by atoms with Crippen molar-refractivity contribution in [1.29, 1.82) is 0 Å². The van der Waals surface area contributed by atoms with Crippen molar-refractivity contribution in [2.75, 3.05) is 65.7 Å². The summed E-state index contributed by atoms with van der Waals surface area (Å²) in [6, 6.07) is 13.2. The van der Waals surface area contributed by atoms with Crippen LogP contribution in [0, 0.1) is 6.92 Å². The van der Waals surface area contributed by atoms with Crippen molar-refractivity contribution in [2.45, 2.75) is 32.8 Å². The SMILES string of the molecule is CCOC(=O)COc1ccc(OCCCCN2CCN(C[C@@H](O)COc3ccc4sc(C)nc4c3)CC2)cc1. The number of nitrogens with zero attached hydrogens (tertiary/aromatic N) is 3. The molecule has 0 saturated carbocycles. The number of aliphatic hydroxyl groups excluding tert-OH is 1. The normalized spacial score (nSPS) is 15.3. The molecule has 1 fully saturated rings. The van der Waals surface area contributed by atoms with Crippen LogP contribution in [0.5, 0.6) is 17.2 Å². The number of fused-ring (bicyclic) bond motifs is 1. The second-order valence-electron chi connectivity index (χ2n) is 9.59. The van der Waals surface area contributed by atoms with Crippen LogP contribution in [0.25, 0.3) is 10.2 Å². The van der Waals surface area contributed by atoms with E-state index in [0.717, 1.165) is 72.3 Å². The van der Waals surface area contributed by atoms with Crippen LogP contribution in [0.1, 0.15) is 24.8 Å². The fourth-order valence-corrected chi connectivity index (χ4v) is 5.26. The van der Waals surface area contributed by atoms with Crippen LogP contribution in [0.4, 0.5) is 0 Å². The number of aliphatic hydroxyl groups is 1. The Hall–Kier alpha value is -2.92. The van der Waals surface area contributed by atoms with E-state index in [2.05, 4.69) is 14.8 Å². The average Bonchev–Trinajstić information content (AvgIpc) is 3.31. The van der Waals surface area contributed by atoms with E-state index in [1.165, 1.54) is 0 Å². The van der Waals surface area contributed by atoms with Crippen LogP contribution in [0.15, 0.2) is 42.5 Å². The highest BCUT2D eigenvalue weighted by Gasteiger charge is 2.19. The average molecular weight is 558 g/mol. The van der Waals surface area contributed by atoms with E-state index in [4.69, 9.17) is 18.9 Å². The summed E-state index contributed by atoms with van der Waals surface area (Å²) in [7, 11) is 0. The van der Waals surface area contributed by atoms with E-state index in [-0.39, 0.29) is 19.2 Å². The summed E-state index contributed by atoms with van der Waals surface area (Å²) in [4.78, 5) is 20.6. The number of thiazole rings is 1. The molecule has 2 heterocycles. The Morgan fingerprint density at radius 3 is 2.41 bits per heavy atom. The number of hydrogen-bond acceptors (Lipinski definition) is 10. The van der Waals surface area contributed by atoms with Crippen molar-refractivity contribution in [1.82, 2.24) is 14.8 Å². The minimum atomic E-state index is -0.528. The van der Waals surface area contributed by atoms with Gasteiger partial charge in [-0.05, 0) is 69.6 Å². The number of β-amino-alcohol motifs (C(OH)–C–C–N with tert-alkyl or cyclic N) is 1. The molecule has 0 bridgehead atoms. The lowest BCUT2D eigenvalue weighted by atomic mass is 10.2. The molecule has 0 aliphatic carbocycles. The number of carbonyl (C=O) groups excluding carboxylic acids is 1. The summed E-state index contributed by atoms with van der Waals surface area (Å²) in [6.45, 7) is 10.5. The molecule has 4 rings (SSSR count). The molecule has 9 nitrogen and oxygen atoms in total. The number of carbonyl (C=O) groups is 1. The summed E-state index contributed by atoms with van der Waals surface area (Å²) >= 11 is 1.67. The van der Waals surface area contributed by atoms with E-state index < -0.39 is 6.10 Å². The number of aromatic nitrogens is 1. The summed E-state index contributed by atoms with van der Waals surface area (Å²) in [5.41, 5.74) is 0.945. The lowest BCUT2D eigenvalue weighted by molar-refractivity contribution is -0.145. The van der Waals surface area contributed by atoms with E-state index in [1.54, 1.807) is 30.4 Å². The first-order chi connectivity index (χ1) is 19.0. The predicted molar refractivity (Wildman–Crippen MR) is 152 cm³/mol. The van der Waals surface area contributed by atoms with Crippen molar-refractivity contribution < 1.29 is 28.8 Å². The van der Waals surface area contributed by atoms with Gasteiger partial charge in [0.25, 0.3) is 0 Å². The first kappa shape index (κ1) is 29.1. The molecule has 39 heavy (non-hydrogen) atoms. The number of esters is 1. The number of aryl methyl sites for hydroxylation is 1. The van der Waals surface area contributed by atoms with Gasteiger partial charge < -0.3 is 29.0 Å². The molecule has 1 N–H and O–H groups in total. The highest BCUT2D eigenvalue weighted by Crippen LogP contribution is 2.25. The Morgan fingerprint density at radius 1 is 0.974 bits per heavy atom. The zero-order valence-corrected chi connectivity index (χ0v) is 23.7. The molecule has 0 radical (unpaired) electrons. The fraction of sp³-hybridized carbons (Fsp3) is 0.517. The second-order valence-corrected chi connectivity index (χ2v) is 10.8. The molecule has 212 valence electrons. The third-order valence-electron chi connectivity index (χ3n) is 6.47. The van der Waals surface area contributed by atoms with Gasteiger partial charge in [-0.25, -0.2) is 9.78 Å². The Labute approximate surface area is 234 Å². The zero-order chi connectivity index (χ0) is 27.5. The Morgan fingerprint density at radius 2 is 1.67 bits per heavy atom. The minimum absolute atomic E-state index is 0.0949. The lowest BCUT2D eigenvalue weighted by Gasteiger charge is -2.35. The van der Waals surface area contributed by atoms with Crippen molar-refractivity contribution in [3.05, 3.63) is 47.5 Å². The summed E-state index contributed by atoms with van der Waals surface area (Å²) < 4.78 is 23.1. The fourth-order valence-electron chi connectivity index (χ4n) is 4.46. The van der Waals surface area contributed by atoms with Crippen LogP contribution in [-0.2, 0) is 9.53 Å². The molecule has 1 atom stereocenters. The third kappa shape index (κ3) is 9.65. The van der Waals surface area contributed by atoms with Crippen molar-refractivity contribution in [3.8, 4) is 17.2 Å².